The van der Waals surface area contributed by atoms with E-state index in [2.05, 4.69) is 15.5 Å². The summed E-state index contributed by atoms with van der Waals surface area (Å²) in [6, 6.07) is 16.9. The molecule has 0 atom stereocenters. The van der Waals surface area contributed by atoms with Crippen molar-refractivity contribution in [3.63, 3.8) is 0 Å². The molecule has 2 aromatic carbocycles. The van der Waals surface area contributed by atoms with E-state index in [0.717, 1.165) is 11.1 Å². The molecule has 1 aromatic heterocycles. The molecule has 0 unspecified atom stereocenters. The molecule has 0 aliphatic heterocycles. The number of ether oxygens (including phenoxy) is 2. The van der Waals surface area contributed by atoms with Crippen LogP contribution in [0.5, 0.6) is 11.5 Å². The second-order valence-electron chi connectivity index (χ2n) is 6.11. The Morgan fingerprint density at radius 1 is 1.17 bits per heavy atom. The van der Waals surface area contributed by atoms with E-state index in [4.69, 9.17) is 9.47 Å². The third-order valence-corrected chi connectivity index (χ3v) is 4.30. The van der Waals surface area contributed by atoms with E-state index in [1.54, 1.807) is 32.5 Å². The van der Waals surface area contributed by atoms with E-state index in [1.807, 2.05) is 42.5 Å². The first-order valence-electron chi connectivity index (χ1n) is 8.86. The smallest absolute Gasteiger partial charge is 0.262 e. The number of aromatic amines is 1. The first kappa shape index (κ1) is 19.7. The number of benzene rings is 2. The van der Waals surface area contributed by atoms with Gasteiger partial charge in [-0.25, -0.2) is 0 Å². The Bertz CT molecular complexity index is 1070. The molecule has 0 radical (unpaired) electrons. The third kappa shape index (κ3) is 4.62. The van der Waals surface area contributed by atoms with Gasteiger partial charge in [0.05, 0.1) is 26.1 Å². The summed E-state index contributed by atoms with van der Waals surface area (Å²) in [6.07, 6.45) is 3.07. The van der Waals surface area contributed by atoms with Crippen LogP contribution >= 0.6 is 0 Å². The quantitative estimate of drug-likeness (QED) is 0.478. The van der Waals surface area contributed by atoms with Crippen LogP contribution in [-0.4, -0.2) is 30.3 Å². The molecular weight excluding hydrogens is 368 g/mol. The van der Waals surface area contributed by atoms with Gasteiger partial charge in [0.25, 0.3) is 5.91 Å². The third-order valence-electron chi connectivity index (χ3n) is 4.30. The van der Waals surface area contributed by atoms with Gasteiger partial charge in [0.15, 0.2) is 11.5 Å². The lowest BCUT2D eigenvalue weighted by atomic mass is 10.1. The number of amides is 1. The van der Waals surface area contributed by atoms with Crippen molar-refractivity contribution in [2.45, 2.75) is 6.54 Å². The molecule has 2 N–H and O–H groups in total. The van der Waals surface area contributed by atoms with E-state index in [-0.39, 0.29) is 5.57 Å². The molecule has 0 saturated carbocycles. The van der Waals surface area contributed by atoms with Crippen molar-refractivity contribution in [1.29, 1.82) is 5.26 Å². The summed E-state index contributed by atoms with van der Waals surface area (Å²) >= 11 is 0. The van der Waals surface area contributed by atoms with Gasteiger partial charge in [-0.2, -0.15) is 10.4 Å². The highest BCUT2D eigenvalue weighted by atomic mass is 16.5. The Hall–Kier alpha value is -4.05. The highest BCUT2D eigenvalue weighted by molar-refractivity contribution is 6.02. The molecule has 0 spiro atoms. The number of nitrogens with zero attached hydrogens (tertiary/aromatic N) is 2. The molecule has 0 saturated heterocycles. The molecule has 0 aliphatic carbocycles. The lowest BCUT2D eigenvalue weighted by Gasteiger charge is -2.09. The van der Waals surface area contributed by atoms with Gasteiger partial charge in [0.2, 0.25) is 0 Å². The van der Waals surface area contributed by atoms with E-state index < -0.39 is 5.91 Å². The average Bonchev–Trinajstić information content (AvgIpc) is 3.24. The van der Waals surface area contributed by atoms with Crippen LogP contribution in [0.15, 0.2) is 60.3 Å². The molecule has 3 rings (SSSR count). The van der Waals surface area contributed by atoms with Crippen LogP contribution in [0.1, 0.15) is 11.1 Å². The zero-order chi connectivity index (χ0) is 20.6. The minimum atomic E-state index is -0.448. The molecular formula is C22H20N4O3. The number of methoxy groups -OCH3 is 2. The molecule has 3 aromatic rings. The van der Waals surface area contributed by atoms with Crippen molar-refractivity contribution in [3.05, 3.63) is 71.4 Å². The highest BCUT2D eigenvalue weighted by Crippen LogP contribution is 2.33. The van der Waals surface area contributed by atoms with E-state index in [1.165, 1.54) is 6.08 Å². The number of hydrogen-bond acceptors (Lipinski definition) is 5. The second-order valence-corrected chi connectivity index (χ2v) is 6.11. The van der Waals surface area contributed by atoms with Gasteiger partial charge in [-0.15, -0.1) is 0 Å². The Labute approximate surface area is 168 Å². The molecule has 1 heterocycles. The van der Waals surface area contributed by atoms with E-state index in [9.17, 15) is 10.1 Å². The van der Waals surface area contributed by atoms with E-state index in [0.29, 0.717) is 29.3 Å². The van der Waals surface area contributed by atoms with Crippen molar-refractivity contribution >= 4 is 12.0 Å². The number of nitriles is 1. The zero-order valence-corrected chi connectivity index (χ0v) is 16.1. The van der Waals surface area contributed by atoms with Crippen LogP contribution in [0.2, 0.25) is 0 Å². The summed E-state index contributed by atoms with van der Waals surface area (Å²) in [4.78, 5) is 12.4. The van der Waals surface area contributed by atoms with Gasteiger partial charge in [0, 0.05) is 17.7 Å². The number of rotatable bonds is 7. The molecule has 7 nitrogen and oxygen atoms in total. The van der Waals surface area contributed by atoms with Gasteiger partial charge < -0.3 is 14.8 Å². The maximum absolute atomic E-state index is 12.4. The van der Waals surface area contributed by atoms with Crippen LogP contribution in [0.4, 0.5) is 0 Å². The monoisotopic (exact) mass is 388 g/mol. The summed E-state index contributed by atoms with van der Waals surface area (Å²) < 4.78 is 10.6. The fourth-order valence-corrected chi connectivity index (χ4v) is 2.81. The number of carbonyl (C=O) groups excluding carboxylic acids is 1. The molecule has 146 valence electrons. The normalized spacial score (nSPS) is 10.9. The Kier molecular flexibility index (Phi) is 6.28. The van der Waals surface area contributed by atoms with Crippen LogP contribution in [0.25, 0.3) is 17.3 Å². The first-order chi connectivity index (χ1) is 14.2. The molecule has 1 amide bonds. The second kappa shape index (κ2) is 9.24. The number of aromatic nitrogens is 2. The SMILES string of the molecule is COc1ccc(-c2[nH]ncc2/C=C(/C#N)C(=O)NCc2ccccc2)cc1OC. The number of hydrogen-bond donors (Lipinski definition) is 2. The molecule has 7 heteroatoms. The fourth-order valence-electron chi connectivity index (χ4n) is 2.81. The number of carbonyl (C=O) groups is 1. The van der Waals surface area contributed by atoms with Crippen molar-refractivity contribution in [2.24, 2.45) is 0 Å². The first-order valence-corrected chi connectivity index (χ1v) is 8.86. The summed E-state index contributed by atoms with van der Waals surface area (Å²) in [5, 5.41) is 19.2. The predicted molar refractivity (Wildman–Crippen MR) is 109 cm³/mol. The van der Waals surface area contributed by atoms with Crippen molar-refractivity contribution < 1.29 is 14.3 Å². The van der Waals surface area contributed by atoms with Crippen LogP contribution in [0, 0.1) is 11.3 Å². The summed E-state index contributed by atoms with van der Waals surface area (Å²) in [5.41, 5.74) is 3.00. The van der Waals surface area contributed by atoms with Gasteiger partial charge in [-0.3, -0.25) is 9.89 Å². The fraction of sp³-hybridized carbons (Fsp3) is 0.136. The lowest BCUT2D eigenvalue weighted by Crippen LogP contribution is -2.23. The van der Waals surface area contributed by atoms with E-state index >= 15 is 0 Å². The maximum Gasteiger partial charge on any atom is 0.262 e. The predicted octanol–water partition coefficient (Wildman–Crippen LogP) is 3.32. The standard InChI is InChI=1S/C22H20N4O3/c1-28-19-9-8-16(11-20(19)29-2)21-18(14-25-26-21)10-17(12-23)22(27)24-13-15-6-4-3-5-7-15/h3-11,14H,13H2,1-2H3,(H,24,27)(H,25,26)/b17-10-. The van der Waals surface area contributed by atoms with Crippen molar-refractivity contribution in [1.82, 2.24) is 15.5 Å². The minimum absolute atomic E-state index is 0.0101. The van der Waals surface area contributed by atoms with Crippen LogP contribution in [-0.2, 0) is 11.3 Å². The number of nitrogens with one attached hydrogen (secondary N) is 2. The molecule has 0 bridgehead atoms. The average molecular weight is 388 g/mol. The summed E-state index contributed by atoms with van der Waals surface area (Å²) in [6.45, 7) is 0.340. The lowest BCUT2D eigenvalue weighted by molar-refractivity contribution is -0.117. The maximum atomic E-state index is 12.4. The Morgan fingerprint density at radius 3 is 2.62 bits per heavy atom. The molecule has 0 aliphatic rings. The molecule has 29 heavy (non-hydrogen) atoms. The van der Waals surface area contributed by atoms with Crippen LogP contribution in [0.3, 0.4) is 0 Å². The number of H-pyrrole nitrogens is 1. The Morgan fingerprint density at radius 2 is 1.93 bits per heavy atom. The largest absolute Gasteiger partial charge is 0.493 e. The minimum Gasteiger partial charge on any atom is -0.493 e. The van der Waals surface area contributed by atoms with Gasteiger partial charge in [-0.1, -0.05) is 30.3 Å². The summed E-state index contributed by atoms with van der Waals surface area (Å²) in [5.74, 6) is 0.720. The molecule has 0 fully saturated rings. The topological polar surface area (TPSA) is 100 Å². The zero-order valence-electron chi connectivity index (χ0n) is 16.1. The van der Waals surface area contributed by atoms with Crippen molar-refractivity contribution in [3.8, 4) is 28.8 Å². The Balaban J connectivity index is 1.84. The highest BCUT2D eigenvalue weighted by Gasteiger charge is 2.14. The van der Waals surface area contributed by atoms with Gasteiger partial charge in [-0.05, 0) is 29.8 Å². The van der Waals surface area contributed by atoms with Crippen molar-refractivity contribution in [2.75, 3.05) is 14.2 Å². The van der Waals surface area contributed by atoms with Crippen LogP contribution < -0.4 is 14.8 Å². The van der Waals surface area contributed by atoms with Gasteiger partial charge in [0.1, 0.15) is 11.6 Å². The summed E-state index contributed by atoms with van der Waals surface area (Å²) in [7, 11) is 3.12. The van der Waals surface area contributed by atoms with Gasteiger partial charge >= 0.3 is 0 Å².